The molecule has 0 aliphatic heterocycles. The molecule has 22 heavy (non-hydrogen) atoms. The van der Waals surface area contributed by atoms with Crippen LogP contribution in [0.4, 0.5) is 0 Å². The van der Waals surface area contributed by atoms with E-state index in [9.17, 15) is 4.79 Å². The van der Waals surface area contributed by atoms with Crippen molar-refractivity contribution in [2.24, 2.45) is 0 Å². The van der Waals surface area contributed by atoms with Crippen LogP contribution in [0.15, 0.2) is 29.8 Å². The zero-order chi connectivity index (χ0) is 15.7. The minimum Gasteiger partial charge on any atom is -0.360 e. The molecule has 0 saturated heterocycles. The molecule has 0 unspecified atom stereocenters. The van der Waals surface area contributed by atoms with Gasteiger partial charge in [0.05, 0.1) is 12.1 Å². The van der Waals surface area contributed by atoms with Crippen LogP contribution in [0.1, 0.15) is 17.5 Å². The Labute approximate surface area is 133 Å². The highest BCUT2D eigenvalue weighted by Gasteiger charge is 2.13. The van der Waals surface area contributed by atoms with Crippen LogP contribution in [-0.2, 0) is 17.6 Å². The number of nitrogens with zero attached hydrogens (tertiary/aromatic N) is 2. The summed E-state index contributed by atoms with van der Waals surface area (Å²) in [6.45, 7) is 2.16. The Morgan fingerprint density at radius 1 is 1.36 bits per heavy atom. The highest BCUT2D eigenvalue weighted by Crippen LogP contribution is 2.31. The van der Waals surface area contributed by atoms with Gasteiger partial charge in [-0.05, 0) is 12.0 Å². The number of para-hydroxylation sites is 1. The predicted molar refractivity (Wildman–Crippen MR) is 91.2 cm³/mol. The predicted octanol–water partition coefficient (Wildman–Crippen LogP) is 3.48. The zero-order valence-electron chi connectivity index (χ0n) is 13.0. The van der Waals surface area contributed by atoms with Crippen LogP contribution in [0.2, 0.25) is 0 Å². The summed E-state index contributed by atoms with van der Waals surface area (Å²) >= 11 is 1.54. The lowest BCUT2D eigenvalue weighted by Gasteiger charge is -2.07. The molecule has 1 N–H and O–H groups in total. The number of aromatic nitrogens is 2. The normalized spacial score (nSPS) is 11.0. The Balaban J connectivity index is 1.95. The number of benzene rings is 1. The maximum Gasteiger partial charge on any atom is 0.228 e. The lowest BCUT2D eigenvalue weighted by Crippen LogP contribution is -2.23. The van der Waals surface area contributed by atoms with Crippen LogP contribution >= 0.6 is 11.3 Å². The fraction of sp³-hybridized carbons (Fsp3) is 0.294. The van der Waals surface area contributed by atoms with Crippen molar-refractivity contribution in [3.8, 4) is 11.3 Å². The number of carbonyl (C=O) groups is 1. The SMILES string of the molecule is CCc1cccc2c(-c3csc(CC(=O)N(C)C)n3)c[nH]c12. The van der Waals surface area contributed by atoms with Crippen molar-refractivity contribution in [1.29, 1.82) is 0 Å². The Bertz CT molecular complexity index is 816. The van der Waals surface area contributed by atoms with Crippen molar-refractivity contribution in [3.63, 3.8) is 0 Å². The molecule has 3 aromatic rings. The Hall–Kier alpha value is -2.14. The topological polar surface area (TPSA) is 49.0 Å². The molecule has 2 heterocycles. The third-order valence-electron chi connectivity index (χ3n) is 3.81. The summed E-state index contributed by atoms with van der Waals surface area (Å²) < 4.78 is 0. The minimum atomic E-state index is 0.0769. The number of amides is 1. The summed E-state index contributed by atoms with van der Waals surface area (Å²) in [6, 6.07) is 6.34. The molecule has 2 aromatic heterocycles. The molecule has 0 aliphatic rings. The lowest BCUT2D eigenvalue weighted by atomic mass is 10.1. The summed E-state index contributed by atoms with van der Waals surface area (Å²) in [5.41, 5.74) is 4.53. The van der Waals surface area contributed by atoms with E-state index >= 15 is 0 Å². The quantitative estimate of drug-likeness (QED) is 0.801. The third-order valence-corrected chi connectivity index (χ3v) is 4.66. The fourth-order valence-electron chi connectivity index (χ4n) is 2.53. The van der Waals surface area contributed by atoms with E-state index in [-0.39, 0.29) is 5.91 Å². The van der Waals surface area contributed by atoms with E-state index in [0.717, 1.165) is 22.7 Å². The Morgan fingerprint density at radius 3 is 2.91 bits per heavy atom. The van der Waals surface area contributed by atoms with Crippen LogP contribution in [0.25, 0.3) is 22.2 Å². The molecule has 3 rings (SSSR count). The van der Waals surface area contributed by atoms with Crippen LogP contribution < -0.4 is 0 Å². The van der Waals surface area contributed by atoms with Gasteiger partial charge in [-0.3, -0.25) is 4.79 Å². The van der Waals surface area contributed by atoms with Crippen LogP contribution in [0, 0.1) is 0 Å². The maximum absolute atomic E-state index is 11.8. The average Bonchev–Trinajstić information content (AvgIpc) is 3.12. The van der Waals surface area contributed by atoms with E-state index in [1.165, 1.54) is 27.8 Å². The third kappa shape index (κ3) is 2.64. The van der Waals surface area contributed by atoms with Gasteiger partial charge < -0.3 is 9.88 Å². The number of hydrogen-bond donors (Lipinski definition) is 1. The first-order valence-corrected chi connectivity index (χ1v) is 8.22. The fourth-order valence-corrected chi connectivity index (χ4v) is 3.31. The van der Waals surface area contributed by atoms with Crippen LogP contribution in [0.5, 0.6) is 0 Å². The second-order valence-corrected chi connectivity index (χ2v) is 6.43. The second kappa shape index (κ2) is 5.93. The Morgan fingerprint density at radius 2 is 2.18 bits per heavy atom. The van der Waals surface area contributed by atoms with E-state index in [1.54, 1.807) is 19.0 Å². The van der Waals surface area contributed by atoms with Gasteiger partial charge in [0.2, 0.25) is 5.91 Å². The van der Waals surface area contributed by atoms with Gasteiger partial charge in [-0.15, -0.1) is 11.3 Å². The van der Waals surface area contributed by atoms with Gasteiger partial charge in [-0.2, -0.15) is 0 Å². The maximum atomic E-state index is 11.8. The van der Waals surface area contributed by atoms with Crippen molar-refractivity contribution < 1.29 is 4.79 Å². The number of likely N-dealkylation sites (N-methyl/N-ethyl adjacent to an activating group) is 1. The highest BCUT2D eigenvalue weighted by atomic mass is 32.1. The number of thiazole rings is 1. The number of hydrogen-bond acceptors (Lipinski definition) is 3. The Kier molecular flexibility index (Phi) is 3.98. The van der Waals surface area contributed by atoms with E-state index in [1.807, 2.05) is 11.6 Å². The van der Waals surface area contributed by atoms with Crippen molar-refractivity contribution in [3.05, 3.63) is 40.3 Å². The molecule has 0 fully saturated rings. The minimum absolute atomic E-state index is 0.0769. The van der Waals surface area contributed by atoms with Crippen LogP contribution in [0.3, 0.4) is 0 Å². The lowest BCUT2D eigenvalue weighted by molar-refractivity contribution is -0.127. The average molecular weight is 313 g/mol. The van der Waals surface area contributed by atoms with Gasteiger partial charge in [-0.1, -0.05) is 25.1 Å². The largest absolute Gasteiger partial charge is 0.360 e. The highest BCUT2D eigenvalue weighted by molar-refractivity contribution is 7.10. The molecule has 0 spiro atoms. The molecule has 0 atom stereocenters. The monoisotopic (exact) mass is 313 g/mol. The number of aromatic amines is 1. The molecular weight excluding hydrogens is 294 g/mol. The van der Waals surface area contributed by atoms with E-state index < -0.39 is 0 Å². The van der Waals surface area contributed by atoms with E-state index in [4.69, 9.17) is 0 Å². The number of H-pyrrole nitrogens is 1. The molecule has 5 heteroatoms. The van der Waals surface area contributed by atoms with Crippen molar-refractivity contribution >= 4 is 28.1 Å². The van der Waals surface area contributed by atoms with Crippen LogP contribution in [-0.4, -0.2) is 34.9 Å². The summed E-state index contributed by atoms with van der Waals surface area (Å²) in [4.78, 5) is 21.4. The molecule has 1 amide bonds. The van der Waals surface area contributed by atoms with E-state index in [0.29, 0.717) is 6.42 Å². The molecule has 4 nitrogen and oxygen atoms in total. The zero-order valence-corrected chi connectivity index (χ0v) is 13.8. The number of fused-ring (bicyclic) bond motifs is 1. The van der Waals surface area contributed by atoms with Crippen molar-refractivity contribution in [1.82, 2.24) is 14.9 Å². The first-order chi connectivity index (χ1) is 10.6. The molecule has 0 aliphatic carbocycles. The summed E-state index contributed by atoms with van der Waals surface area (Å²) in [6.07, 6.45) is 3.37. The van der Waals surface area contributed by atoms with Gasteiger partial charge in [0.25, 0.3) is 0 Å². The van der Waals surface area contributed by atoms with Gasteiger partial charge in [0, 0.05) is 42.1 Å². The van der Waals surface area contributed by atoms with Crippen molar-refractivity contribution in [2.45, 2.75) is 19.8 Å². The van der Waals surface area contributed by atoms with Gasteiger partial charge >= 0.3 is 0 Å². The van der Waals surface area contributed by atoms with Gasteiger partial charge in [0.15, 0.2) is 0 Å². The number of carbonyl (C=O) groups excluding carboxylic acids is 1. The number of aryl methyl sites for hydroxylation is 1. The van der Waals surface area contributed by atoms with E-state index in [2.05, 4.69) is 35.1 Å². The standard InChI is InChI=1S/C17H19N3OS/c1-4-11-6-5-7-12-13(9-18-17(11)12)14-10-22-15(19-14)8-16(21)20(2)3/h5-7,9-10,18H,4,8H2,1-3H3. The first kappa shape index (κ1) is 14.8. The van der Waals surface area contributed by atoms with Gasteiger partial charge in [-0.25, -0.2) is 4.98 Å². The molecule has 0 bridgehead atoms. The summed E-state index contributed by atoms with van der Waals surface area (Å²) in [5, 5.41) is 4.07. The molecule has 0 radical (unpaired) electrons. The molecule has 114 valence electrons. The smallest absolute Gasteiger partial charge is 0.228 e. The molecule has 0 saturated carbocycles. The van der Waals surface area contributed by atoms with Gasteiger partial charge in [0.1, 0.15) is 5.01 Å². The molecular formula is C17H19N3OS. The van der Waals surface area contributed by atoms with Crippen molar-refractivity contribution in [2.75, 3.05) is 14.1 Å². The number of rotatable bonds is 4. The summed E-state index contributed by atoms with van der Waals surface area (Å²) in [5.74, 6) is 0.0769. The first-order valence-electron chi connectivity index (χ1n) is 7.34. The molecule has 1 aromatic carbocycles. The second-order valence-electron chi connectivity index (χ2n) is 5.49. The summed E-state index contributed by atoms with van der Waals surface area (Å²) in [7, 11) is 3.53. The number of nitrogens with one attached hydrogen (secondary N) is 1.